The first-order valence-corrected chi connectivity index (χ1v) is 7.32. The summed E-state index contributed by atoms with van der Waals surface area (Å²) in [7, 11) is 0. The Morgan fingerprint density at radius 3 is 2.75 bits per heavy atom. The van der Waals surface area contributed by atoms with Gasteiger partial charge >= 0.3 is 0 Å². The van der Waals surface area contributed by atoms with Crippen molar-refractivity contribution in [3.63, 3.8) is 0 Å². The number of hydrogen-bond acceptors (Lipinski definition) is 3. The summed E-state index contributed by atoms with van der Waals surface area (Å²) >= 11 is 13.0. The molecule has 3 nitrogen and oxygen atoms in total. The standard InChI is InChI=1S/C14H8Cl2N2OS/c15-12-6-10(13(16)20-12)14(19)18-9-5-8-3-1-2-4-11(8)17-7-9/h1-7H,(H,18,19). The van der Waals surface area contributed by atoms with Crippen molar-refractivity contribution in [2.45, 2.75) is 0 Å². The Kier molecular flexibility index (Phi) is 3.61. The number of halogens is 2. The second-order valence-corrected chi connectivity index (χ2v) is 6.39. The summed E-state index contributed by atoms with van der Waals surface area (Å²) in [6.45, 7) is 0. The van der Waals surface area contributed by atoms with Gasteiger partial charge in [0.15, 0.2) is 0 Å². The molecule has 0 aliphatic rings. The van der Waals surface area contributed by atoms with Crippen LogP contribution in [0.3, 0.4) is 0 Å². The minimum Gasteiger partial charge on any atom is -0.320 e. The Morgan fingerprint density at radius 1 is 1.20 bits per heavy atom. The van der Waals surface area contributed by atoms with E-state index in [4.69, 9.17) is 23.2 Å². The van der Waals surface area contributed by atoms with Gasteiger partial charge in [0, 0.05) is 5.39 Å². The summed E-state index contributed by atoms with van der Waals surface area (Å²) in [5.41, 5.74) is 1.86. The van der Waals surface area contributed by atoms with E-state index in [1.54, 1.807) is 12.3 Å². The van der Waals surface area contributed by atoms with Crippen LogP contribution in [0.1, 0.15) is 10.4 Å². The summed E-state index contributed by atoms with van der Waals surface area (Å²) in [6, 6.07) is 11.1. The van der Waals surface area contributed by atoms with Crippen molar-refractivity contribution in [1.82, 2.24) is 4.98 Å². The zero-order chi connectivity index (χ0) is 14.1. The molecule has 0 saturated heterocycles. The highest BCUT2D eigenvalue weighted by atomic mass is 35.5. The first kappa shape index (κ1) is 13.4. The van der Waals surface area contributed by atoms with Crippen molar-refractivity contribution >= 4 is 57.0 Å². The van der Waals surface area contributed by atoms with E-state index in [1.165, 1.54) is 11.3 Å². The fraction of sp³-hybridized carbons (Fsp3) is 0. The van der Waals surface area contributed by atoms with E-state index in [2.05, 4.69) is 10.3 Å². The van der Waals surface area contributed by atoms with Gasteiger partial charge in [-0.05, 0) is 18.2 Å². The highest BCUT2D eigenvalue weighted by Crippen LogP contribution is 2.31. The molecule has 20 heavy (non-hydrogen) atoms. The van der Waals surface area contributed by atoms with Crippen molar-refractivity contribution in [2.75, 3.05) is 5.32 Å². The highest BCUT2D eigenvalue weighted by Gasteiger charge is 2.14. The smallest absolute Gasteiger partial charge is 0.258 e. The molecule has 2 heterocycles. The Morgan fingerprint density at radius 2 is 2.00 bits per heavy atom. The molecule has 3 aromatic rings. The zero-order valence-electron chi connectivity index (χ0n) is 10.1. The van der Waals surface area contributed by atoms with Crippen LogP contribution in [0.15, 0.2) is 42.6 Å². The van der Waals surface area contributed by atoms with Gasteiger partial charge < -0.3 is 5.32 Å². The van der Waals surface area contributed by atoms with Gasteiger partial charge in [0.05, 0.1) is 27.3 Å². The maximum Gasteiger partial charge on any atom is 0.258 e. The number of aromatic nitrogens is 1. The summed E-state index contributed by atoms with van der Waals surface area (Å²) in [5.74, 6) is -0.296. The first-order valence-electron chi connectivity index (χ1n) is 5.74. The van der Waals surface area contributed by atoms with Gasteiger partial charge in [-0.25, -0.2) is 0 Å². The Bertz CT molecular complexity index is 801. The number of amides is 1. The molecule has 0 spiro atoms. The molecule has 3 rings (SSSR count). The average molecular weight is 323 g/mol. The van der Waals surface area contributed by atoms with E-state index in [0.717, 1.165) is 10.9 Å². The number of nitrogens with zero attached hydrogens (tertiary/aromatic N) is 1. The van der Waals surface area contributed by atoms with Gasteiger partial charge in [-0.3, -0.25) is 9.78 Å². The fourth-order valence-corrected chi connectivity index (χ4v) is 3.29. The van der Waals surface area contributed by atoms with Crippen molar-refractivity contribution in [2.24, 2.45) is 0 Å². The number of carbonyl (C=O) groups is 1. The van der Waals surface area contributed by atoms with Crippen LogP contribution in [0.4, 0.5) is 5.69 Å². The number of para-hydroxylation sites is 1. The molecule has 100 valence electrons. The zero-order valence-corrected chi connectivity index (χ0v) is 12.4. The van der Waals surface area contributed by atoms with Gasteiger partial charge in [0.2, 0.25) is 0 Å². The third-order valence-corrected chi connectivity index (χ3v) is 4.24. The summed E-state index contributed by atoms with van der Waals surface area (Å²) in [5, 5.41) is 3.72. The minimum atomic E-state index is -0.296. The molecule has 1 amide bonds. The number of hydrogen-bond donors (Lipinski definition) is 1. The van der Waals surface area contributed by atoms with Crippen molar-refractivity contribution in [3.8, 4) is 0 Å². The third kappa shape index (κ3) is 2.63. The molecular weight excluding hydrogens is 315 g/mol. The lowest BCUT2D eigenvalue weighted by Gasteiger charge is -2.05. The van der Waals surface area contributed by atoms with E-state index in [-0.39, 0.29) is 5.91 Å². The predicted molar refractivity (Wildman–Crippen MR) is 84.0 cm³/mol. The number of pyridine rings is 1. The molecule has 0 fully saturated rings. The van der Waals surface area contributed by atoms with Crippen LogP contribution in [0.25, 0.3) is 10.9 Å². The largest absolute Gasteiger partial charge is 0.320 e. The molecule has 2 aromatic heterocycles. The molecule has 1 aromatic carbocycles. The highest BCUT2D eigenvalue weighted by molar-refractivity contribution is 7.20. The number of anilines is 1. The summed E-state index contributed by atoms with van der Waals surface area (Å²) in [4.78, 5) is 16.4. The topological polar surface area (TPSA) is 42.0 Å². The first-order chi connectivity index (χ1) is 9.63. The second-order valence-electron chi connectivity index (χ2n) is 4.11. The second kappa shape index (κ2) is 5.40. The van der Waals surface area contributed by atoms with E-state index >= 15 is 0 Å². The molecule has 0 bridgehead atoms. The van der Waals surface area contributed by atoms with Crippen LogP contribution < -0.4 is 5.32 Å². The van der Waals surface area contributed by atoms with Crippen LogP contribution in [-0.2, 0) is 0 Å². The molecule has 1 N–H and O–H groups in total. The monoisotopic (exact) mass is 322 g/mol. The maximum atomic E-state index is 12.1. The van der Waals surface area contributed by atoms with Crippen molar-refractivity contribution in [1.29, 1.82) is 0 Å². The average Bonchev–Trinajstić information content (AvgIpc) is 2.78. The number of carbonyl (C=O) groups excluding carboxylic acids is 1. The van der Waals surface area contributed by atoms with Crippen LogP contribution >= 0.6 is 34.5 Å². The molecular formula is C14H8Cl2N2OS. The van der Waals surface area contributed by atoms with Gasteiger partial charge in [0.25, 0.3) is 5.91 Å². The van der Waals surface area contributed by atoms with E-state index in [0.29, 0.717) is 19.9 Å². The summed E-state index contributed by atoms with van der Waals surface area (Å²) < 4.78 is 0.859. The lowest BCUT2D eigenvalue weighted by molar-refractivity contribution is 0.102. The molecule has 0 atom stereocenters. The minimum absolute atomic E-state index is 0.296. The normalized spacial score (nSPS) is 10.7. The molecule has 0 unspecified atom stereocenters. The van der Waals surface area contributed by atoms with Gasteiger partial charge in [-0.1, -0.05) is 41.4 Å². The van der Waals surface area contributed by atoms with Crippen LogP contribution in [0, 0.1) is 0 Å². The third-order valence-electron chi connectivity index (χ3n) is 2.75. The lowest BCUT2D eigenvalue weighted by atomic mass is 10.2. The van der Waals surface area contributed by atoms with Crippen LogP contribution in [0.5, 0.6) is 0 Å². The number of fused-ring (bicyclic) bond motifs is 1. The fourth-order valence-electron chi connectivity index (χ4n) is 1.83. The van der Waals surface area contributed by atoms with Gasteiger partial charge in [-0.2, -0.15) is 0 Å². The van der Waals surface area contributed by atoms with E-state index < -0.39 is 0 Å². The Hall–Kier alpha value is -1.62. The molecule has 6 heteroatoms. The van der Waals surface area contributed by atoms with Crippen molar-refractivity contribution < 1.29 is 4.79 Å². The number of benzene rings is 1. The van der Waals surface area contributed by atoms with Gasteiger partial charge in [-0.15, -0.1) is 11.3 Å². The molecule has 0 aliphatic heterocycles. The SMILES string of the molecule is O=C(Nc1cnc2ccccc2c1)c1cc(Cl)sc1Cl. The predicted octanol–water partition coefficient (Wildman–Crippen LogP) is 4.86. The van der Waals surface area contributed by atoms with E-state index in [1.807, 2.05) is 30.3 Å². The quantitative estimate of drug-likeness (QED) is 0.732. The molecule has 0 radical (unpaired) electrons. The number of thiophene rings is 1. The summed E-state index contributed by atoms with van der Waals surface area (Å²) in [6.07, 6.45) is 1.61. The molecule has 0 aliphatic carbocycles. The van der Waals surface area contributed by atoms with E-state index in [9.17, 15) is 4.79 Å². The maximum absolute atomic E-state index is 12.1. The van der Waals surface area contributed by atoms with Gasteiger partial charge in [0.1, 0.15) is 4.34 Å². The van der Waals surface area contributed by atoms with Crippen LogP contribution in [0.2, 0.25) is 8.67 Å². The number of rotatable bonds is 2. The van der Waals surface area contributed by atoms with Crippen LogP contribution in [-0.4, -0.2) is 10.9 Å². The Balaban J connectivity index is 1.89. The molecule has 0 saturated carbocycles. The number of nitrogens with one attached hydrogen (secondary N) is 1. The lowest BCUT2D eigenvalue weighted by Crippen LogP contribution is -2.11. The van der Waals surface area contributed by atoms with Crippen molar-refractivity contribution in [3.05, 3.63) is 56.8 Å². The Labute approximate surface area is 129 Å².